The summed E-state index contributed by atoms with van der Waals surface area (Å²) in [7, 11) is 0. The first-order valence-electron chi connectivity index (χ1n) is 12.2. The maximum atomic E-state index is 5.06. The second-order valence-electron chi connectivity index (χ2n) is 9.21. The van der Waals surface area contributed by atoms with Crippen molar-refractivity contribution in [3.8, 4) is 17.1 Å². The molecule has 0 unspecified atom stereocenters. The molecular weight excluding hydrogens is 454 g/mol. The van der Waals surface area contributed by atoms with Crippen LogP contribution in [0.2, 0.25) is 0 Å². The van der Waals surface area contributed by atoms with Gasteiger partial charge in [-0.05, 0) is 35.0 Å². The van der Waals surface area contributed by atoms with Crippen molar-refractivity contribution in [2.45, 2.75) is 0 Å². The molecule has 0 amide bonds. The van der Waals surface area contributed by atoms with Crippen molar-refractivity contribution >= 4 is 54.4 Å². The van der Waals surface area contributed by atoms with Crippen molar-refractivity contribution in [2.24, 2.45) is 0 Å². The summed E-state index contributed by atoms with van der Waals surface area (Å²) in [6, 6.07) is 33.8. The van der Waals surface area contributed by atoms with Crippen LogP contribution in [0.3, 0.4) is 0 Å². The third-order valence-electron chi connectivity index (χ3n) is 7.18. The van der Waals surface area contributed by atoms with Crippen LogP contribution in [0.25, 0.3) is 71.5 Å². The molecule has 3 heterocycles. The molecule has 0 aliphatic carbocycles. The van der Waals surface area contributed by atoms with Gasteiger partial charge in [0.1, 0.15) is 17.4 Å². The molecule has 0 atom stereocenters. The number of hydrogen-bond acceptors (Lipinski definition) is 4. The van der Waals surface area contributed by atoms with Crippen LogP contribution in [0.15, 0.2) is 116 Å². The van der Waals surface area contributed by atoms with E-state index in [2.05, 4.69) is 99.5 Å². The third-order valence-corrected chi connectivity index (χ3v) is 7.18. The fourth-order valence-electron chi connectivity index (χ4n) is 5.55. The van der Waals surface area contributed by atoms with E-state index < -0.39 is 0 Å². The van der Waals surface area contributed by atoms with E-state index >= 15 is 0 Å². The molecule has 0 saturated carbocycles. The van der Waals surface area contributed by atoms with E-state index in [-0.39, 0.29) is 0 Å². The Morgan fingerprint density at radius 3 is 1.89 bits per heavy atom. The van der Waals surface area contributed by atoms with Crippen molar-refractivity contribution in [1.29, 1.82) is 0 Å². The molecule has 0 bridgehead atoms. The van der Waals surface area contributed by atoms with Gasteiger partial charge in [-0.2, -0.15) is 0 Å². The molecule has 5 nitrogen and oxygen atoms in total. The lowest BCUT2D eigenvalue weighted by Crippen LogP contribution is -1.97. The van der Waals surface area contributed by atoms with E-state index in [1.807, 2.05) is 24.5 Å². The molecule has 0 aliphatic rings. The number of hydrogen-bond donors (Lipinski definition) is 0. The lowest BCUT2D eigenvalue weighted by atomic mass is 10.0. The zero-order valence-corrected chi connectivity index (χ0v) is 19.7. The summed E-state index contributed by atoms with van der Waals surface area (Å²) in [5.74, 6) is 0.672. The minimum Gasteiger partial charge on any atom is -0.309 e. The number of aromatic nitrogens is 5. The summed E-state index contributed by atoms with van der Waals surface area (Å²) in [5, 5.41) is 6.67. The monoisotopic (exact) mass is 473 g/mol. The van der Waals surface area contributed by atoms with Crippen LogP contribution >= 0.6 is 0 Å². The Hall–Kier alpha value is -5.16. The highest BCUT2D eigenvalue weighted by molar-refractivity contribution is 6.22. The summed E-state index contributed by atoms with van der Waals surface area (Å²) < 4.78 is 2.31. The first kappa shape index (κ1) is 20.1. The minimum absolute atomic E-state index is 0.672. The molecule has 0 saturated heterocycles. The second-order valence-corrected chi connectivity index (χ2v) is 9.21. The first-order chi connectivity index (χ1) is 18.4. The summed E-state index contributed by atoms with van der Waals surface area (Å²) in [5.41, 5.74) is 6.05. The van der Waals surface area contributed by atoms with Gasteiger partial charge < -0.3 is 4.57 Å². The standard InChI is InChI=1S/C32H19N5/c1-2-11-23-22(10-1)26-17-33-19-35-30(26)31-27(23)18-34-32(36-31)20-8-7-9-21(16-20)37-28-14-5-3-12-24(28)25-13-4-6-15-29(25)37/h1-19H. The summed E-state index contributed by atoms with van der Waals surface area (Å²) in [6.45, 7) is 0. The Bertz CT molecular complexity index is 2070. The highest BCUT2D eigenvalue weighted by atomic mass is 15.0. The zero-order valence-electron chi connectivity index (χ0n) is 19.7. The Labute approximate surface area is 211 Å². The van der Waals surface area contributed by atoms with E-state index in [4.69, 9.17) is 9.97 Å². The van der Waals surface area contributed by atoms with Crippen molar-refractivity contribution < 1.29 is 0 Å². The average molecular weight is 474 g/mol. The largest absolute Gasteiger partial charge is 0.309 e. The molecule has 5 heteroatoms. The van der Waals surface area contributed by atoms with Crippen LogP contribution < -0.4 is 0 Å². The van der Waals surface area contributed by atoms with Gasteiger partial charge in [0.25, 0.3) is 0 Å². The number of rotatable bonds is 2. The number of benzene rings is 5. The molecule has 0 aliphatic heterocycles. The average Bonchev–Trinajstić information content (AvgIpc) is 3.32. The zero-order chi connectivity index (χ0) is 24.3. The van der Waals surface area contributed by atoms with Crippen molar-refractivity contribution in [1.82, 2.24) is 24.5 Å². The van der Waals surface area contributed by atoms with E-state index in [1.54, 1.807) is 6.33 Å². The van der Waals surface area contributed by atoms with Gasteiger partial charge in [-0.3, -0.25) is 0 Å². The van der Waals surface area contributed by atoms with Crippen molar-refractivity contribution in [3.63, 3.8) is 0 Å². The van der Waals surface area contributed by atoms with Crippen LogP contribution in [-0.4, -0.2) is 24.5 Å². The highest BCUT2D eigenvalue weighted by Crippen LogP contribution is 2.35. The van der Waals surface area contributed by atoms with Crippen LogP contribution in [0, 0.1) is 0 Å². The van der Waals surface area contributed by atoms with Crippen LogP contribution in [0.4, 0.5) is 0 Å². The van der Waals surface area contributed by atoms with E-state index in [9.17, 15) is 0 Å². The Morgan fingerprint density at radius 2 is 1.16 bits per heavy atom. The second kappa shape index (κ2) is 7.67. The van der Waals surface area contributed by atoms with Gasteiger partial charge in [-0.1, -0.05) is 72.8 Å². The highest BCUT2D eigenvalue weighted by Gasteiger charge is 2.15. The van der Waals surface area contributed by atoms with Gasteiger partial charge in [-0.25, -0.2) is 19.9 Å². The predicted octanol–water partition coefficient (Wildman–Crippen LogP) is 7.49. The minimum atomic E-state index is 0.672. The Kier molecular flexibility index (Phi) is 4.16. The van der Waals surface area contributed by atoms with Crippen LogP contribution in [0.5, 0.6) is 0 Å². The maximum Gasteiger partial charge on any atom is 0.159 e. The fourth-order valence-corrected chi connectivity index (χ4v) is 5.55. The molecule has 0 fully saturated rings. The molecule has 0 N–H and O–H groups in total. The number of para-hydroxylation sites is 2. The fraction of sp³-hybridized carbons (Fsp3) is 0. The van der Waals surface area contributed by atoms with E-state index in [1.165, 1.54) is 21.8 Å². The lowest BCUT2D eigenvalue weighted by molar-refractivity contribution is 1.17. The maximum absolute atomic E-state index is 5.06. The molecular formula is C32H19N5. The van der Waals surface area contributed by atoms with Gasteiger partial charge in [0.05, 0.1) is 11.0 Å². The summed E-state index contributed by atoms with van der Waals surface area (Å²) in [4.78, 5) is 18.8. The van der Waals surface area contributed by atoms with E-state index in [0.29, 0.717) is 5.82 Å². The van der Waals surface area contributed by atoms with E-state index in [0.717, 1.165) is 43.8 Å². The predicted molar refractivity (Wildman–Crippen MR) is 150 cm³/mol. The van der Waals surface area contributed by atoms with Gasteiger partial charge in [0.2, 0.25) is 0 Å². The van der Waals surface area contributed by atoms with Gasteiger partial charge in [-0.15, -0.1) is 0 Å². The quantitative estimate of drug-likeness (QED) is 0.244. The van der Waals surface area contributed by atoms with Crippen LogP contribution in [-0.2, 0) is 0 Å². The molecule has 3 aromatic heterocycles. The Morgan fingerprint density at radius 1 is 0.514 bits per heavy atom. The molecule has 8 rings (SSSR count). The lowest BCUT2D eigenvalue weighted by Gasteiger charge is -2.11. The summed E-state index contributed by atoms with van der Waals surface area (Å²) in [6.07, 6.45) is 5.38. The number of fused-ring (bicyclic) bond motifs is 9. The SMILES string of the molecule is c1cc(-c2ncc3c4ccccc4c4cncnc4c3n2)cc(-n2c3ccccc3c3ccccc32)c1. The summed E-state index contributed by atoms with van der Waals surface area (Å²) >= 11 is 0. The van der Waals surface area contributed by atoms with Crippen LogP contribution in [0.1, 0.15) is 0 Å². The van der Waals surface area contributed by atoms with Crippen molar-refractivity contribution in [3.05, 3.63) is 116 Å². The first-order valence-corrected chi connectivity index (χ1v) is 12.2. The molecule has 172 valence electrons. The smallest absolute Gasteiger partial charge is 0.159 e. The molecule has 5 aromatic carbocycles. The normalized spacial score (nSPS) is 11.8. The van der Waals surface area contributed by atoms with Gasteiger partial charge >= 0.3 is 0 Å². The number of nitrogens with zero attached hydrogens (tertiary/aromatic N) is 5. The molecule has 0 spiro atoms. The molecule has 8 aromatic rings. The molecule has 37 heavy (non-hydrogen) atoms. The molecule has 0 radical (unpaired) electrons. The van der Waals surface area contributed by atoms with Crippen molar-refractivity contribution in [2.75, 3.05) is 0 Å². The topological polar surface area (TPSA) is 56.5 Å². The third kappa shape index (κ3) is 2.91. The Balaban J connectivity index is 1.38. The van der Waals surface area contributed by atoms with Gasteiger partial charge in [0.15, 0.2) is 5.82 Å². The van der Waals surface area contributed by atoms with Gasteiger partial charge in [0, 0.05) is 45.2 Å².